The second-order valence-electron chi connectivity index (χ2n) is 1.15. The van der Waals surface area contributed by atoms with Gasteiger partial charge < -0.3 is 24.0 Å². The fourth-order valence-corrected chi connectivity index (χ4v) is 0.561. The minimum atomic E-state index is -4.97. The predicted molar refractivity (Wildman–Crippen MR) is 20.4 cm³/mol. The monoisotopic (exact) mass is 163 g/mol. The van der Waals surface area contributed by atoms with Crippen molar-refractivity contribution in [3.8, 4) is 0 Å². The summed E-state index contributed by atoms with van der Waals surface area (Å²) in [7, 11) is -4.97. The third-order valence-corrected chi connectivity index (χ3v) is 0.845. The minimum absolute atomic E-state index is 0. The topological polar surface area (TPSA) is 92.7 Å². The molecule has 9 heavy (non-hydrogen) atoms. The predicted octanol–water partition coefficient (Wildman–Crippen LogP) is -4.83. The van der Waals surface area contributed by atoms with Gasteiger partial charge in [0.25, 0.3) is 0 Å². The number of aliphatic hydroxyl groups excluding tert-OH is 1. The van der Waals surface area contributed by atoms with Gasteiger partial charge in [-0.25, -0.2) is 0 Å². The smallest absolute Gasteiger partial charge is 0.790 e. The fraction of sp³-hybridized carbons (Fsp3) is 1.00. The van der Waals surface area contributed by atoms with Crippen LogP contribution in [0.15, 0.2) is 0 Å². The first kappa shape index (κ1) is 12.7. The Morgan fingerprint density at radius 2 is 2.00 bits per heavy atom. The van der Waals surface area contributed by atoms with E-state index in [4.69, 9.17) is 5.11 Å². The van der Waals surface area contributed by atoms with E-state index in [9.17, 15) is 14.4 Å². The summed E-state index contributed by atoms with van der Waals surface area (Å²) in [5.74, 6) is 0. The molecule has 0 fully saturated rings. The van der Waals surface area contributed by atoms with E-state index in [0.717, 1.165) is 6.92 Å². The van der Waals surface area contributed by atoms with Crippen molar-refractivity contribution in [2.45, 2.75) is 13.2 Å². The van der Waals surface area contributed by atoms with Crippen molar-refractivity contribution in [2.75, 3.05) is 0 Å². The van der Waals surface area contributed by atoms with E-state index in [2.05, 4.69) is 4.52 Å². The van der Waals surface area contributed by atoms with E-state index in [0.29, 0.717) is 0 Å². The molecule has 1 N–H and O–H groups in total. The van der Waals surface area contributed by atoms with E-state index < -0.39 is 14.1 Å². The van der Waals surface area contributed by atoms with Crippen LogP contribution >= 0.6 is 7.82 Å². The third kappa shape index (κ3) is 12.3. The van der Waals surface area contributed by atoms with Crippen LogP contribution in [-0.4, -0.2) is 11.4 Å². The van der Waals surface area contributed by atoms with Crippen LogP contribution in [0.4, 0.5) is 0 Å². The molecule has 0 rings (SSSR count). The molecule has 0 spiro atoms. The molecule has 0 amide bonds. The van der Waals surface area contributed by atoms with Crippen molar-refractivity contribution in [1.29, 1.82) is 0 Å². The summed E-state index contributed by atoms with van der Waals surface area (Å²) < 4.78 is 13.0. The van der Waals surface area contributed by atoms with E-state index in [1.807, 2.05) is 0 Å². The van der Waals surface area contributed by atoms with E-state index in [1.165, 1.54) is 0 Å². The maximum atomic E-state index is 9.53. The van der Waals surface area contributed by atoms with Crippen LogP contribution in [0.2, 0.25) is 0 Å². The average Bonchev–Trinajstić information content (AvgIpc) is 1.21. The number of hydrogen-bond donors (Lipinski definition) is 1. The van der Waals surface area contributed by atoms with E-state index in [1.54, 1.807) is 0 Å². The molecule has 0 saturated carbocycles. The number of aliphatic hydroxyl groups is 1. The van der Waals surface area contributed by atoms with Crippen LogP contribution < -0.4 is 39.3 Å². The first-order valence-corrected chi connectivity index (χ1v) is 3.26. The number of rotatable bonds is 2. The standard InChI is InChI=1S/C2H7O5P.Na/c1-2(3)7-8(4,5)6;/h2-3H,1H3,(H2,4,5,6);/q;+1/p-2. The molecule has 0 saturated heterocycles. The third-order valence-electron chi connectivity index (χ3n) is 0.282. The van der Waals surface area contributed by atoms with Gasteiger partial charge in [0.1, 0.15) is 0 Å². The Morgan fingerprint density at radius 1 is 1.67 bits per heavy atom. The second kappa shape index (κ2) is 4.82. The zero-order chi connectivity index (χ0) is 6.78. The van der Waals surface area contributed by atoms with Crippen LogP contribution in [0.3, 0.4) is 0 Å². The normalized spacial score (nSPS) is 14.2. The van der Waals surface area contributed by atoms with Crippen LogP contribution in [0.1, 0.15) is 6.92 Å². The molecule has 0 aliphatic heterocycles. The Bertz CT molecular complexity index is 108. The molecule has 0 radical (unpaired) electrons. The molecule has 0 aromatic rings. The fourth-order valence-electron chi connectivity index (χ4n) is 0.187. The molecule has 0 aromatic heterocycles. The number of phosphoric ester groups is 1. The number of hydrogen-bond acceptors (Lipinski definition) is 5. The van der Waals surface area contributed by atoms with Gasteiger partial charge in [-0.15, -0.1) is 0 Å². The van der Waals surface area contributed by atoms with Gasteiger partial charge in [-0.3, -0.25) is 0 Å². The Kier molecular flexibility index (Phi) is 6.81. The summed E-state index contributed by atoms with van der Waals surface area (Å²) in [6.07, 6.45) is -1.55. The van der Waals surface area contributed by atoms with Crippen molar-refractivity contribution in [3.05, 3.63) is 0 Å². The molecular weight excluding hydrogens is 158 g/mol. The molecule has 0 bridgehead atoms. The van der Waals surface area contributed by atoms with E-state index >= 15 is 0 Å². The zero-order valence-corrected chi connectivity index (χ0v) is 8.00. The first-order chi connectivity index (χ1) is 3.42. The van der Waals surface area contributed by atoms with Crippen molar-refractivity contribution in [3.63, 3.8) is 0 Å². The Labute approximate surface area is 74.6 Å². The molecular formula is C2H5NaO5P-. The van der Waals surface area contributed by atoms with Gasteiger partial charge in [0.05, 0.1) is 7.82 Å². The Morgan fingerprint density at radius 3 is 2.00 bits per heavy atom. The second-order valence-corrected chi connectivity index (χ2v) is 2.26. The van der Waals surface area contributed by atoms with Crippen LogP contribution in [-0.2, 0) is 9.09 Å². The Hall–Kier alpha value is 1.07. The van der Waals surface area contributed by atoms with Crippen molar-refractivity contribution < 1.29 is 53.5 Å². The maximum absolute atomic E-state index is 9.53. The van der Waals surface area contributed by atoms with Gasteiger partial charge in [0.15, 0.2) is 6.29 Å². The average molecular weight is 163 g/mol. The molecule has 0 aromatic carbocycles. The molecule has 0 aliphatic carbocycles. The van der Waals surface area contributed by atoms with Gasteiger partial charge in [0, 0.05) is 0 Å². The van der Waals surface area contributed by atoms with Crippen molar-refractivity contribution >= 4 is 7.82 Å². The van der Waals surface area contributed by atoms with Crippen molar-refractivity contribution in [1.82, 2.24) is 0 Å². The molecule has 7 heteroatoms. The quantitative estimate of drug-likeness (QED) is 0.250. The maximum Gasteiger partial charge on any atom is 1.00 e. The molecule has 0 heterocycles. The SMILES string of the molecule is CC(O)OP(=O)([O-])[O-].[Na+]. The summed E-state index contributed by atoms with van der Waals surface area (Å²) in [6.45, 7) is 1.03. The summed E-state index contributed by atoms with van der Waals surface area (Å²) >= 11 is 0. The van der Waals surface area contributed by atoms with Gasteiger partial charge in [-0.1, -0.05) is 0 Å². The van der Waals surface area contributed by atoms with Gasteiger partial charge >= 0.3 is 29.6 Å². The zero-order valence-electron chi connectivity index (χ0n) is 5.10. The molecule has 1 unspecified atom stereocenters. The van der Waals surface area contributed by atoms with Crippen LogP contribution in [0.5, 0.6) is 0 Å². The van der Waals surface area contributed by atoms with Gasteiger partial charge in [0.2, 0.25) is 0 Å². The summed E-state index contributed by atoms with van der Waals surface area (Å²) in [6, 6.07) is 0. The summed E-state index contributed by atoms with van der Waals surface area (Å²) in [4.78, 5) is 19.1. The minimum Gasteiger partial charge on any atom is -0.790 e. The molecule has 50 valence electrons. The summed E-state index contributed by atoms with van der Waals surface area (Å²) in [5.41, 5.74) is 0. The van der Waals surface area contributed by atoms with Crippen LogP contribution in [0.25, 0.3) is 0 Å². The largest absolute Gasteiger partial charge is 1.00 e. The molecule has 1 atom stereocenters. The van der Waals surface area contributed by atoms with Crippen LogP contribution in [0, 0.1) is 0 Å². The Balaban J connectivity index is 0. The summed E-state index contributed by atoms with van der Waals surface area (Å²) in [5, 5.41) is 8.09. The van der Waals surface area contributed by atoms with Crippen molar-refractivity contribution in [2.24, 2.45) is 0 Å². The van der Waals surface area contributed by atoms with Gasteiger partial charge in [-0.05, 0) is 6.92 Å². The van der Waals surface area contributed by atoms with Gasteiger partial charge in [-0.2, -0.15) is 0 Å². The number of phosphoric acid groups is 1. The molecule has 5 nitrogen and oxygen atoms in total. The van der Waals surface area contributed by atoms with E-state index in [-0.39, 0.29) is 29.6 Å². The molecule has 0 aliphatic rings. The first-order valence-electron chi connectivity index (χ1n) is 1.80.